The van der Waals surface area contributed by atoms with Crippen molar-refractivity contribution in [2.75, 3.05) is 11.9 Å². The summed E-state index contributed by atoms with van der Waals surface area (Å²) in [7, 11) is 0. The van der Waals surface area contributed by atoms with Crippen molar-refractivity contribution in [3.8, 4) is 0 Å². The van der Waals surface area contributed by atoms with E-state index >= 15 is 0 Å². The molecule has 0 saturated heterocycles. The Kier molecular flexibility index (Phi) is 3.65. The quantitative estimate of drug-likeness (QED) is 0.741. The van der Waals surface area contributed by atoms with Gasteiger partial charge in [-0.1, -0.05) is 11.2 Å². The molecule has 0 saturated carbocycles. The van der Waals surface area contributed by atoms with Crippen LogP contribution in [0.1, 0.15) is 17.4 Å². The fraction of sp³-hybridized carbons (Fsp3) is 0.143. The average Bonchev–Trinajstić information content (AvgIpc) is 2.93. The molecule has 0 amide bonds. The Morgan fingerprint density at radius 2 is 2.27 bits per heavy atom. The molecule has 1 N–H and O–H groups in total. The average molecular weight is 302 g/mol. The number of ether oxygens (including phenoxy) is 1. The van der Waals surface area contributed by atoms with Gasteiger partial charge in [-0.3, -0.25) is 0 Å². The van der Waals surface area contributed by atoms with Crippen molar-refractivity contribution >= 4 is 28.6 Å². The van der Waals surface area contributed by atoms with Gasteiger partial charge in [0.15, 0.2) is 0 Å². The maximum Gasteiger partial charge on any atom is 0.361 e. The van der Waals surface area contributed by atoms with Crippen LogP contribution in [0, 0.1) is 5.82 Å². The van der Waals surface area contributed by atoms with Crippen LogP contribution in [-0.4, -0.2) is 27.7 Å². The van der Waals surface area contributed by atoms with E-state index in [-0.39, 0.29) is 29.2 Å². The van der Waals surface area contributed by atoms with E-state index in [0.717, 1.165) is 0 Å². The lowest BCUT2D eigenvalue weighted by Gasteiger charge is -2.06. The van der Waals surface area contributed by atoms with Crippen molar-refractivity contribution in [1.29, 1.82) is 0 Å². The standard InChI is InChI=1S/C14H11FN4O3/c1-2-21-14(20)11-10-12(16-7-17-13(10)22-19-11)18-9-5-3-4-8(15)6-9/h3-7H,2H2,1H3,(H,16,17,18). The van der Waals surface area contributed by atoms with Crippen LogP contribution in [0.15, 0.2) is 35.1 Å². The number of rotatable bonds is 4. The van der Waals surface area contributed by atoms with Gasteiger partial charge in [-0.15, -0.1) is 0 Å². The third-order valence-corrected chi connectivity index (χ3v) is 2.83. The van der Waals surface area contributed by atoms with Crippen molar-refractivity contribution in [3.63, 3.8) is 0 Å². The molecule has 0 aliphatic heterocycles. The Morgan fingerprint density at radius 1 is 1.41 bits per heavy atom. The SMILES string of the molecule is CCOC(=O)c1noc2ncnc(Nc3cccc(F)c3)c12. The van der Waals surface area contributed by atoms with E-state index < -0.39 is 11.8 Å². The molecule has 1 aromatic carbocycles. The summed E-state index contributed by atoms with van der Waals surface area (Å²) in [5.74, 6) is -0.760. The highest BCUT2D eigenvalue weighted by Crippen LogP contribution is 2.26. The van der Waals surface area contributed by atoms with Crippen LogP contribution in [-0.2, 0) is 4.74 Å². The monoisotopic (exact) mass is 302 g/mol. The molecule has 2 heterocycles. The molecular formula is C14H11FN4O3. The van der Waals surface area contributed by atoms with E-state index in [1.54, 1.807) is 19.1 Å². The first kappa shape index (κ1) is 13.9. The van der Waals surface area contributed by atoms with E-state index in [0.29, 0.717) is 5.69 Å². The van der Waals surface area contributed by atoms with Gasteiger partial charge in [0.25, 0.3) is 5.71 Å². The van der Waals surface area contributed by atoms with Crippen molar-refractivity contribution in [1.82, 2.24) is 15.1 Å². The molecule has 3 aromatic rings. The molecule has 3 rings (SSSR count). The summed E-state index contributed by atoms with van der Waals surface area (Å²) >= 11 is 0. The van der Waals surface area contributed by atoms with Crippen LogP contribution in [0.4, 0.5) is 15.9 Å². The summed E-state index contributed by atoms with van der Waals surface area (Å²) < 4.78 is 23.2. The fourth-order valence-corrected chi connectivity index (χ4v) is 1.92. The Bertz CT molecular complexity index is 834. The van der Waals surface area contributed by atoms with Crippen molar-refractivity contribution in [2.45, 2.75) is 6.92 Å². The Labute approximate surface area is 124 Å². The highest BCUT2D eigenvalue weighted by atomic mass is 19.1. The summed E-state index contributed by atoms with van der Waals surface area (Å²) in [6.07, 6.45) is 1.25. The minimum atomic E-state index is -0.640. The van der Waals surface area contributed by atoms with Gasteiger partial charge in [0.2, 0.25) is 5.69 Å². The number of benzene rings is 1. The molecule has 22 heavy (non-hydrogen) atoms. The highest BCUT2D eigenvalue weighted by molar-refractivity contribution is 6.05. The zero-order valence-corrected chi connectivity index (χ0v) is 11.5. The number of aromatic nitrogens is 3. The second kappa shape index (κ2) is 5.76. The minimum Gasteiger partial charge on any atom is -0.461 e. The van der Waals surface area contributed by atoms with Gasteiger partial charge in [0.1, 0.15) is 23.3 Å². The third-order valence-electron chi connectivity index (χ3n) is 2.83. The number of hydrogen-bond acceptors (Lipinski definition) is 7. The minimum absolute atomic E-state index is 0.0312. The maximum atomic E-state index is 13.3. The van der Waals surface area contributed by atoms with Gasteiger partial charge in [-0.25, -0.2) is 14.2 Å². The second-order valence-electron chi connectivity index (χ2n) is 4.29. The molecule has 0 atom stereocenters. The van der Waals surface area contributed by atoms with Crippen LogP contribution in [0.5, 0.6) is 0 Å². The summed E-state index contributed by atoms with van der Waals surface area (Å²) in [6.45, 7) is 1.89. The zero-order chi connectivity index (χ0) is 15.5. The molecule has 0 spiro atoms. The maximum absolute atomic E-state index is 13.3. The molecule has 0 bridgehead atoms. The summed E-state index contributed by atoms with van der Waals surface area (Å²) in [6, 6.07) is 5.83. The smallest absolute Gasteiger partial charge is 0.361 e. The molecule has 7 nitrogen and oxygen atoms in total. The van der Waals surface area contributed by atoms with Crippen LogP contribution >= 0.6 is 0 Å². The number of nitrogens with one attached hydrogen (secondary N) is 1. The molecule has 0 radical (unpaired) electrons. The predicted molar refractivity (Wildman–Crippen MR) is 75.2 cm³/mol. The third kappa shape index (κ3) is 2.58. The molecule has 112 valence electrons. The van der Waals surface area contributed by atoms with E-state index in [4.69, 9.17) is 9.26 Å². The lowest BCUT2D eigenvalue weighted by Crippen LogP contribution is -2.06. The molecule has 0 aliphatic rings. The first-order valence-electron chi connectivity index (χ1n) is 6.49. The number of halogens is 1. The van der Waals surface area contributed by atoms with Crippen molar-refractivity contribution < 1.29 is 18.4 Å². The molecule has 8 heteroatoms. The number of anilines is 2. The predicted octanol–water partition coefficient (Wildman–Crippen LogP) is 2.68. The summed E-state index contributed by atoms with van der Waals surface area (Å²) in [4.78, 5) is 19.8. The first-order chi connectivity index (χ1) is 10.7. The van der Waals surface area contributed by atoms with E-state index in [2.05, 4.69) is 20.4 Å². The van der Waals surface area contributed by atoms with Crippen LogP contribution in [0.3, 0.4) is 0 Å². The van der Waals surface area contributed by atoms with E-state index in [9.17, 15) is 9.18 Å². The van der Waals surface area contributed by atoms with Crippen LogP contribution < -0.4 is 5.32 Å². The van der Waals surface area contributed by atoms with E-state index in [1.165, 1.54) is 18.5 Å². The first-order valence-corrected chi connectivity index (χ1v) is 6.49. The highest BCUT2D eigenvalue weighted by Gasteiger charge is 2.22. The lowest BCUT2D eigenvalue weighted by atomic mass is 10.2. The number of hydrogen-bond donors (Lipinski definition) is 1. The Balaban J connectivity index is 2.05. The van der Waals surface area contributed by atoms with Crippen molar-refractivity contribution in [2.24, 2.45) is 0 Å². The molecule has 2 aromatic heterocycles. The number of fused-ring (bicyclic) bond motifs is 1. The molecule has 0 unspecified atom stereocenters. The van der Waals surface area contributed by atoms with Gasteiger partial charge < -0.3 is 14.6 Å². The zero-order valence-electron chi connectivity index (χ0n) is 11.5. The van der Waals surface area contributed by atoms with Crippen LogP contribution in [0.25, 0.3) is 11.1 Å². The lowest BCUT2D eigenvalue weighted by molar-refractivity contribution is 0.0517. The summed E-state index contributed by atoms with van der Waals surface area (Å²) in [5.41, 5.74) is 0.573. The van der Waals surface area contributed by atoms with Gasteiger partial charge in [-0.05, 0) is 25.1 Å². The van der Waals surface area contributed by atoms with Gasteiger partial charge in [0.05, 0.1) is 6.61 Å². The number of carbonyl (C=O) groups excluding carboxylic acids is 1. The largest absolute Gasteiger partial charge is 0.461 e. The fourth-order valence-electron chi connectivity index (χ4n) is 1.92. The second-order valence-corrected chi connectivity index (χ2v) is 4.29. The topological polar surface area (TPSA) is 90.1 Å². The number of nitrogens with zero attached hydrogens (tertiary/aromatic N) is 3. The molecule has 0 aliphatic carbocycles. The van der Waals surface area contributed by atoms with Gasteiger partial charge in [0, 0.05) is 5.69 Å². The normalized spacial score (nSPS) is 10.6. The Hall–Kier alpha value is -3.03. The summed E-state index contributed by atoms with van der Waals surface area (Å²) in [5, 5.41) is 6.86. The van der Waals surface area contributed by atoms with E-state index in [1.807, 2.05) is 0 Å². The molecule has 0 fully saturated rings. The van der Waals surface area contributed by atoms with Crippen molar-refractivity contribution in [3.05, 3.63) is 42.1 Å². The van der Waals surface area contributed by atoms with Crippen LogP contribution in [0.2, 0.25) is 0 Å². The van der Waals surface area contributed by atoms with Gasteiger partial charge >= 0.3 is 5.97 Å². The number of esters is 1. The molecular weight excluding hydrogens is 291 g/mol. The number of carbonyl (C=O) groups is 1. The Morgan fingerprint density at radius 3 is 3.05 bits per heavy atom. The van der Waals surface area contributed by atoms with Gasteiger partial charge in [-0.2, -0.15) is 4.98 Å².